The molecule has 82 valence electrons. The van der Waals surface area contributed by atoms with Crippen molar-refractivity contribution in [3.63, 3.8) is 0 Å². The lowest BCUT2D eigenvalue weighted by atomic mass is 9.71. The van der Waals surface area contributed by atoms with Crippen molar-refractivity contribution in [2.45, 2.75) is 38.8 Å². The van der Waals surface area contributed by atoms with Gasteiger partial charge >= 0.3 is 0 Å². The average Bonchev–Trinajstić information content (AvgIpc) is 2.80. The zero-order valence-corrected chi connectivity index (χ0v) is 9.69. The molecular formula is C14H21N. The molecule has 0 aromatic heterocycles. The van der Waals surface area contributed by atoms with Crippen molar-refractivity contribution >= 4 is 0 Å². The summed E-state index contributed by atoms with van der Waals surface area (Å²) < 4.78 is 0. The van der Waals surface area contributed by atoms with E-state index in [1.165, 1.54) is 35.5 Å². The Morgan fingerprint density at radius 3 is 1.80 bits per heavy atom. The molecule has 9 atom stereocenters. The number of hydrogen-bond acceptors (Lipinski definition) is 1. The number of nitrogens with one attached hydrogen (secondary N) is 1. The van der Waals surface area contributed by atoms with Crippen LogP contribution in [0.4, 0.5) is 0 Å². The first-order chi connectivity index (χ1) is 7.27. The van der Waals surface area contributed by atoms with Gasteiger partial charge in [0.15, 0.2) is 0 Å². The molecule has 1 heteroatoms. The lowest BCUT2D eigenvalue weighted by Crippen LogP contribution is -2.39. The molecule has 1 nitrogen and oxygen atoms in total. The van der Waals surface area contributed by atoms with E-state index in [0.29, 0.717) is 6.04 Å². The van der Waals surface area contributed by atoms with Crippen molar-refractivity contribution in [3.05, 3.63) is 0 Å². The predicted octanol–water partition coefficient (Wildman–Crippen LogP) is 2.13. The molecule has 6 bridgehead atoms. The minimum Gasteiger partial charge on any atom is -0.311 e. The standard InChI is InChI=1S/C14H21N/c1-5(2)15-14-12-8-3-6-7-4-9(10(6)12)13(14)11(7)8/h5-15H,3-4H2,1-2H3/t6-,7+,8-,9+,10-,11-,12-,13-,14?/m1/s1. The van der Waals surface area contributed by atoms with Gasteiger partial charge in [0.1, 0.15) is 0 Å². The van der Waals surface area contributed by atoms with Crippen LogP contribution in [0.3, 0.4) is 0 Å². The van der Waals surface area contributed by atoms with Crippen LogP contribution in [0.1, 0.15) is 26.7 Å². The Hall–Kier alpha value is -0.0400. The highest BCUT2D eigenvalue weighted by Crippen LogP contribution is 2.82. The van der Waals surface area contributed by atoms with Gasteiger partial charge in [0.2, 0.25) is 0 Å². The molecule has 0 saturated heterocycles. The van der Waals surface area contributed by atoms with Crippen molar-refractivity contribution in [2.24, 2.45) is 47.3 Å². The van der Waals surface area contributed by atoms with E-state index in [1.54, 1.807) is 12.8 Å². The van der Waals surface area contributed by atoms with Crippen LogP contribution in [0.2, 0.25) is 0 Å². The quantitative estimate of drug-likeness (QED) is 0.725. The van der Waals surface area contributed by atoms with Crippen LogP contribution < -0.4 is 5.32 Å². The van der Waals surface area contributed by atoms with Gasteiger partial charge in [-0.3, -0.25) is 0 Å². The molecule has 1 unspecified atom stereocenters. The Morgan fingerprint density at radius 2 is 1.33 bits per heavy atom. The second-order valence-electron chi connectivity index (χ2n) is 7.28. The van der Waals surface area contributed by atoms with Gasteiger partial charge in [-0.15, -0.1) is 0 Å². The second-order valence-corrected chi connectivity index (χ2v) is 7.28. The SMILES string of the molecule is CC(C)NC1[C@@H]2[C@@H]3C[C@@H]4[C@@H]5C[C@H]([C@@H]1[C@H]53)[C@@H]42. The topological polar surface area (TPSA) is 12.0 Å². The van der Waals surface area contributed by atoms with Crippen molar-refractivity contribution < 1.29 is 0 Å². The molecule has 0 amide bonds. The molecule has 6 rings (SSSR count). The Balaban J connectivity index is 1.60. The van der Waals surface area contributed by atoms with E-state index in [9.17, 15) is 0 Å². The summed E-state index contributed by atoms with van der Waals surface area (Å²) in [5, 5.41) is 3.92. The van der Waals surface area contributed by atoms with E-state index in [1.807, 2.05) is 0 Å². The molecule has 0 radical (unpaired) electrons. The van der Waals surface area contributed by atoms with Crippen LogP contribution in [-0.2, 0) is 0 Å². The van der Waals surface area contributed by atoms with E-state index in [2.05, 4.69) is 19.2 Å². The first-order valence-electron chi connectivity index (χ1n) is 7.03. The maximum absolute atomic E-state index is 3.92. The Morgan fingerprint density at radius 1 is 0.800 bits per heavy atom. The summed E-state index contributed by atoms with van der Waals surface area (Å²) in [5.74, 6) is 9.36. The molecule has 6 aliphatic carbocycles. The Kier molecular flexibility index (Phi) is 1.17. The van der Waals surface area contributed by atoms with Crippen LogP contribution in [0, 0.1) is 47.3 Å². The van der Waals surface area contributed by atoms with Crippen LogP contribution in [0.25, 0.3) is 0 Å². The fourth-order valence-corrected chi connectivity index (χ4v) is 7.23. The summed E-state index contributed by atoms with van der Waals surface area (Å²) in [6.45, 7) is 4.66. The maximum atomic E-state index is 3.92. The lowest BCUT2D eigenvalue weighted by Gasteiger charge is -2.33. The molecule has 0 aromatic carbocycles. The summed E-state index contributed by atoms with van der Waals surface area (Å²) in [6, 6.07) is 1.64. The molecule has 0 aliphatic heterocycles. The van der Waals surface area contributed by atoms with E-state index >= 15 is 0 Å². The molecular weight excluding hydrogens is 182 g/mol. The van der Waals surface area contributed by atoms with Gasteiger partial charge in [0.05, 0.1) is 0 Å². The zero-order chi connectivity index (χ0) is 9.89. The predicted molar refractivity (Wildman–Crippen MR) is 59.2 cm³/mol. The van der Waals surface area contributed by atoms with Crippen molar-refractivity contribution in [1.29, 1.82) is 0 Å². The molecule has 0 heterocycles. The first kappa shape index (κ1) is 8.11. The van der Waals surface area contributed by atoms with Gasteiger partial charge in [0, 0.05) is 12.1 Å². The highest BCUT2D eigenvalue weighted by atomic mass is 15.0. The summed E-state index contributed by atoms with van der Waals surface area (Å²) >= 11 is 0. The van der Waals surface area contributed by atoms with Crippen molar-refractivity contribution in [1.82, 2.24) is 5.32 Å². The molecule has 6 fully saturated rings. The van der Waals surface area contributed by atoms with E-state index in [-0.39, 0.29) is 0 Å². The molecule has 15 heavy (non-hydrogen) atoms. The normalized spacial score (nSPS) is 71.0. The third-order valence-corrected chi connectivity index (χ3v) is 6.85. The monoisotopic (exact) mass is 203 g/mol. The zero-order valence-electron chi connectivity index (χ0n) is 9.69. The molecule has 0 aromatic rings. The number of hydrogen-bond donors (Lipinski definition) is 1. The molecule has 6 aliphatic rings. The highest BCUT2D eigenvalue weighted by Gasteiger charge is 2.80. The summed E-state index contributed by atoms with van der Waals surface area (Å²) in [7, 11) is 0. The van der Waals surface area contributed by atoms with Crippen LogP contribution in [0.5, 0.6) is 0 Å². The molecule has 0 spiro atoms. The van der Waals surface area contributed by atoms with Crippen molar-refractivity contribution in [2.75, 3.05) is 0 Å². The minimum absolute atomic E-state index is 0.699. The smallest absolute Gasteiger partial charge is 0.0137 e. The van der Waals surface area contributed by atoms with Crippen LogP contribution in [-0.4, -0.2) is 12.1 Å². The first-order valence-corrected chi connectivity index (χ1v) is 7.03. The fraction of sp³-hybridized carbons (Fsp3) is 1.00. The van der Waals surface area contributed by atoms with Gasteiger partial charge in [-0.05, 0) is 60.2 Å². The van der Waals surface area contributed by atoms with Gasteiger partial charge < -0.3 is 5.32 Å². The minimum atomic E-state index is 0.699. The van der Waals surface area contributed by atoms with E-state index in [4.69, 9.17) is 0 Å². The summed E-state index contributed by atoms with van der Waals surface area (Å²) in [4.78, 5) is 0. The number of rotatable bonds is 2. The third-order valence-electron chi connectivity index (χ3n) is 6.85. The lowest BCUT2D eigenvalue weighted by molar-refractivity contribution is 0.132. The summed E-state index contributed by atoms with van der Waals surface area (Å²) in [5.41, 5.74) is 0. The van der Waals surface area contributed by atoms with Gasteiger partial charge in [-0.25, -0.2) is 0 Å². The largest absolute Gasteiger partial charge is 0.311 e. The maximum Gasteiger partial charge on any atom is 0.0137 e. The van der Waals surface area contributed by atoms with Crippen molar-refractivity contribution in [3.8, 4) is 0 Å². The average molecular weight is 203 g/mol. The van der Waals surface area contributed by atoms with Crippen LogP contribution in [0.15, 0.2) is 0 Å². The van der Waals surface area contributed by atoms with E-state index < -0.39 is 0 Å². The Bertz CT molecular complexity index is 308. The third kappa shape index (κ3) is 0.638. The Labute approximate surface area is 92.0 Å². The highest BCUT2D eigenvalue weighted by molar-refractivity contribution is 5.29. The van der Waals surface area contributed by atoms with Gasteiger partial charge in [0.25, 0.3) is 0 Å². The second kappa shape index (κ2) is 2.16. The van der Waals surface area contributed by atoms with E-state index in [0.717, 1.165) is 17.9 Å². The molecule has 1 N–H and O–H groups in total. The van der Waals surface area contributed by atoms with Gasteiger partial charge in [-0.2, -0.15) is 0 Å². The fourth-order valence-electron chi connectivity index (χ4n) is 7.23. The molecule has 6 saturated carbocycles. The van der Waals surface area contributed by atoms with Crippen LogP contribution >= 0.6 is 0 Å². The summed E-state index contributed by atoms with van der Waals surface area (Å²) in [6.07, 6.45) is 3.27. The van der Waals surface area contributed by atoms with Gasteiger partial charge in [-0.1, -0.05) is 13.8 Å².